The molecule has 1 aliphatic rings. The second kappa shape index (κ2) is 7.75. The molecule has 27 heavy (non-hydrogen) atoms. The fraction of sp³-hybridized carbons (Fsp3) is 0.350. The van der Waals surface area contributed by atoms with E-state index in [4.69, 9.17) is 4.52 Å². The van der Waals surface area contributed by atoms with Gasteiger partial charge in [-0.2, -0.15) is 4.98 Å². The number of hydrogen-bond acceptors (Lipinski definition) is 7. The van der Waals surface area contributed by atoms with Gasteiger partial charge in [0.2, 0.25) is 11.7 Å². The molecule has 1 atom stereocenters. The van der Waals surface area contributed by atoms with Crippen LogP contribution in [0.1, 0.15) is 35.5 Å². The van der Waals surface area contributed by atoms with Crippen LogP contribution in [-0.4, -0.2) is 39.0 Å². The van der Waals surface area contributed by atoms with Crippen LogP contribution < -0.4 is 5.32 Å². The number of rotatable bonds is 5. The van der Waals surface area contributed by atoms with Crippen molar-refractivity contribution in [1.82, 2.24) is 25.4 Å². The summed E-state index contributed by atoms with van der Waals surface area (Å²) in [6.45, 7) is 3.71. The minimum atomic E-state index is 0.150. The molecule has 0 radical (unpaired) electrons. The van der Waals surface area contributed by atoms with Crippen LogP contribution in [0.15, 0.2) is 41.2 Å². The van der Waals surface area contributed by atoms with Gasteiger partial charge in [0.05, 0.1) is 11.4 Å². The van der Waals surface area contributed by atoms with Crippen molar-refractivity contribution in [3.8, 4) is 22.8 Å². The first-order chi connectivity index (χ1) is 13.2. The lowest BCUT2D eigenvalue weighted by molar-refractivity contribution is 0.0953. The van der Waals surface area contributed by atoms with E-state index >= 15 is 0 Å². The molecule has 0 saturated carbocycles. The predicted molar refractivity (Wildman–Crippen MR) is 100 cm³/mol. The van der Waals surface area contributed by atoms with Crippen LogP contribution in [-0.2, 0) is 0 Å². The number of ketones is 1. The second-order valence-corrected chi connectivity index (χ2v) is 6.84. The molecule has 1 fully saturated rings. The van der Waals surface area contributed by atoms with Gasteiger partial charge in [0.25, 0.3) is 0 Å². The van der Waals surface area contributed by atoms with Crippen LogP contribution in [0.5, 0.6) is 0 Å². The summed E-state index contributed by atoms with van der Waals surface area (Å²) in [5.74, 6) is 1.57. The molecule has 0 amide bonds. The Morgan fingerprint density at radius 3 is 2.78 bits per heavy atom. The van der Waals surface area contributed by atoms with Crippen molar-refractivity contribution in [2.75, 3.05) is 13.1 Å². The van der Waals surface area contributed by atoms with Crippen molar-refractivity contribution < 1.29 is 9.32 Å². The van der Waals surface area contributed by atoms with Crippen molar-refractivity contribution in [2.24, 2.45) is 5.92 Å². The zero-order chi connectivity index (χ0) is 18.6. The summed E-state index contributed by atoms with van der Waals surface area (Å²) < 4.78 is 5.04. The van der Waals surface area contributed by atoms with Gasteiger partial charge in [-0.05, 0) is 56.1 Å². The van der Waals surface area contributed by atoms with Gasteiger partial charge in [-0.3, -0.25) is 14.8 Å². The van der Waals surface area contributed by atoms with E-state index < -0.39 is 0 Å². The number of aryl methyl sites for hydroxylation is 1. The number of Topliss-reactive ketones (excluding diaryl/α,β-unsaturated/α-hetero) is 1. The van der Waals surface area contributed by atoms with Crippen molar-refractivity contribution >= 4 is 5.78 Å². The Bertz CT molecular complexity index is 947. The third-order valence-corrected chi connectivity index (χ3v) is 4.76. The van der Waals surface area contributed by atoms with Crippen molar-refractivity contribution in [1.29, 1.82) is 0 Å². The van der Waals surface area contributed by atoms with E-state index in [1.54, 1.807) is 25.4 Å². The minimum Gasteiger partial charge on any atom is -0.339 e. The molecule has 0 aliphatic carbocycles. The minimum absolute atomic E-state index is 0.150. The lowest BCUT2D eigenvalue weighted by Gasteiger charge is -2.21. The van der Waals surface area contributed by atoms with Crippen LogP contribution in [0.2, 0.25) is 0 Å². The SMILES string of the molecule is Cc1nc(-c2ccnc(-c3cc(C(=O)CC4CCCNC4)ccn3)c2)no1. The van der Waals surface area contributed by atoms with Crippen LogP contribution in [0.4, 0.5) is 0 Å². The molecule has 0 bridgehead atoms. The average molecular weight is 363 g/mol. The maximum atomic E-state index is 12.7. The number of pyridine rings is 2. The highest BCUT2D eigenvalue weighted by molar-refractivity contribution is 5.97. The molecule has 4 rings (SSSR count). The van der Waals surface area contributed by atoms with Crippen molar-refractivity contribution in [2.45, 2.75) is 26.2 Å². The van der Waals surface area contributed by atoms with E-state index in [9.17, 15) is 4.79 Å². The molecule has 0 aromatic carbocycles. The molecule has 1 unspecified atom stereocenters. The number of carbonyl (C=O) groups is 1. The van der Waals surface area contributed by atoms with E-state index in [0.717, 1.165) is 31.5 Å². The summed E-state index contributed by atoms with van der Waals surface area (Å²) in [7, 11) is 0. The van der Waals surface area contributed by atoms with Gasteiger partial charge in [-0.15, -0.1) is 0 Å². The van der Waals surface area contributed by atoms with Crippen molar-refractivity contribution in [3.63, 3.8) is 0 Å². The van der Waals surface area contributed by atoms with Gasteiger partial charge >= 0.3 is 0 Å². The number of nitrogens with one attached hydrogen (secondary N) is 1. The first-order valence-electron chi connectivity index (χ1n) is 9.16. The van der Waals surface area contributed by atoms with E-state index in [-0.39, 0.29) is 5.78 Å². The fourth-order valence-electron chi connectivity index (χ4n) is 3.35. The number of hydrogen-bond donors (Lipinski definition) is 1. The molecular formula is C20H21N5O2. The third kappa shape index (κ3) is 4.09. The van der Waals surface area contributed by atoms with Gasteiger partial charge in [-0.1, -0.05) is 5.16 Å². The first-order valence-corrected chi connectivity index (χ1v) is 9.16. The average Bonchev–Trinajstić information content (AvgIpc) is 3.15. The quantitative estimate of drug-likeness (QED) is 0.696. The maximum absolute atomic E-state index is 12.7. The highest BCUT2D eigenvalue weighted by Gasteiger charge is 2.18. The molecule has 3 aromatic heterocycles. The largest absolute Gasteiger partial charge is 0.339 e. The van der Waals surface area contributed by atoms with Gasteiger partial charge in [0.15, 0.2) is 5.78 Å². The summed E-state index contributed by atoms with van der Waals surface area (Å²) in [6.07, 6.45) is 6.14. The lowest BCUT2D eigenvalue weighted by Crippen LogP contribution is -2.31. The summed E-state index contributed by atoms with van der Waals surface area (Å²) in [4.78, 5) is 25.7. The van der Waals surface area contributed by atoms with E-state index in [1.807, 2.05) is 18.2 Å². The third-order valence-electron chi connectivity index (χ3n) is 4.76. The summed E-state index contributed by atoms with van der Waals surface area (Å²) in [6, 6.07) is 7.26. The van der Waals surface area contributed by atoms with Crippen LogP contribution in [0, 0.1) is 12.8 Å². The monoisotopic (exact) mass is 363 g/mol. The second-order valence-electron chi connectivity index (χ2n) is 6.84. The van der Waals surface area contributed by atoms with E-state index in [0.29, 0.717) is 41.0 Å². The van der Waals surface area contributed by atoms with E-state index in [1.165, 1.54) is 0 Å². The molecule has 1 N–H and O–H groups in total. The molecule has 4 heterocycles. The Morgan fingerprint density at radius 1 is 1.22 bits per heavy atom. The van der Waals surface area contributed by atoms with Crippen LogP contribution in [0.3, 0.4) is 0 Å². The number of piperidine rings is 1. The number of aromatic nitrogens is 4. The van der Waals surface area contributed by atoms with Crippen LogP contribution in [0.25, 0.3) is 22.8 Å². The topological polar surface area (TPSA) is 93.8 Å². The zero-order valence-electron chi connectivity index (χ0n) is 15.2. The van der Waals surface area contributed by atoms with Gasteiger partial charge < -0.3 is 9.84 Å². The molecule has 0 spiro atoms. The highest BCUT2D eigenvalue weighted by Crippen LogP contribution is 2.23. The van der Waals surface area contributed by atoms with Gasteiger partial charge in [-0.25, -0.2) is 0 Å². The number of nitrogens with zero attached hydrogens (tertiary/aromatic N) is 4. The molecule has 1 saturated heterocycles. The lowest BCUT2D eigenvalue weighted by atomic mass is 9.92. The maximum Gasteiger partial charge on any atom is 0.223 e. The molecular weight excluding hydrogens is 342 g/mol. The molecule has 7 heteroatoms. The predicted octanol–water partition coefficient (Wildman–Crippen LogP) is 3.07. The van der Waals surface area contributed by atoms with Crippen molar-refractivity contribution in [3.05, 3.63) is 48.1 Å². The molecule has 138 valence electrons. The fourth-order valence-corrected chi connectivity index (χ4v) is 3.35. The Hall–Kier alpha value is -2.93. The Morgan fingerprint density at radius 2 is 2.04 bits per heavy atom. The van der Waals surface area contributed by atoms with Gasteiger partial charge in [0.1, 0.15) is 0 Å². The van der Waals surface area contributed by atoms with Crippen LogP contribution >= 0.6 is 0 Å². The Kier molecular flexibility index (Phi) is 5.02. The smallest absolute Gasteiger partial charge is 0.223 e. The molecule has 3 aromatic rings. The summed E-state index contributed by atoms with van der Waals surface area (Å²) >= 11 is 0. The highest BCUT2D eigenvalue weighted by atomic mass is 16.5. The standard InChI is InChI=1S/C20H21N5O2/c1-13-24-20(25-27-13)16-5-8-23-18(11-16)17-10-15(4-7-22-17)19(26)9-14-3-2-6-21-12-14/h4-5,7-8,10-11,14,21H,2-3,6,9,12H2,1H3. The first kappa shape index (κ1) is 17.5. The summed E-state index contributed by atoms with van der Waals surface area (Å²) in [5, 5.41) is 7.30. The summed E-state index contributed by atoms with van der Waals surface area (Å²) in [5.41, 5.74) is 2.80. The zero-order valence-corrected chi connectivity index (χ0v) is 15.2. The normalized spacial score (nSPS) is 17.0. The van der Waals surface area contributed by atoms with Gasteiger partial charge in [0, 0.05) is 36.9 Å². The number of carbonyl (C=O) groups excluding carboxylic acids is 1. The van der Waals surface area contributed by atoms with E-state index in [2.05, 4.69) is 25.4 Å². The molecule has 1 aliphatic heterocycles. The Labute approximate surface area is 157 Å². The Balaban J connectivity index is 1.56. The molecule has 7 nitrogen and oxygen atoms in total.